The molecule has 1 aliphatic rings. The fourth-order valence-electron chi connectivity index (χ4n) is 1.83. The van der Waals surface area contributed by atoms with Crippen LogP contribution in [0.15, 0.2) is 10.6 Å². The van der Waals surface area contributed by atoms with E-state index in [-0.39, 0.29) is 0 Å². The molecule has 0 atom stereocenters. The molecule has 1 rings (SSSR count). The minimum Gasteiger partial charge on any atom is -0.0654 e. The van der Waals surface area contributed by atoms with Crippen LogP contribution in [0.4, 0.5) is 0 Å². The van der Waals surface area contributed by atoms with Gasteiger partial charge in [-0.2, -0.15) is 0 Å². The van der Waals surface area contributed by atoms with E-state index in [1.54, 1.807) is 5.57 Å². The first-order valence-electron chi connectivity index (χ1n) is 5.15. The van der Waals surface area contributed by atoms with Crippen LogP contribution in [-0.2, 0) is 0 Å². The molecule has 0 aromatic heterocycles. The Hall–Kier alpha value is 0.220. The molecule has 0 aromatic carbocycles. The number of halogens is 1. The topological polar surface area (TPSA) is 0 Å². The lowest BCUT2D eigenvalue weighted by molar-refractivity contribution is 0.372. The van der Waals surface area contributed by atoms with E-state index in [0.29, 0.717) is 0 Å². The molecule has 0 aromatic rings. The summed E-state index contributed by atoms with van der Waals surface area (Å²) in [6.07, 6.45) is 9.86. The summed E-state index contributed by atoms with van der Waals surface area (Å²) in [6, 6.07) is 0. The molecule has 1 heteroatoms. The molecule has 0 N–H and O–H groups in total. The number of rotatable bonds is 5. The molecule has 0 amide bonds. The predicted molar refractivity (Wildman–Crippen MR) is 58.5 cm³/mol. The van der Waals surface area contributed by atoms with Crippen LogP contribution in [0, 0.1) is 5.92 Å². The van der Waals surface area contributed by atoms with Crippen molar-refractivity contribution in [1.29, 1.82) is 0 Å². The van der Waals surface area contributed by atoms with Crippen LogP contribution in [-0.4, -0.2) is 0 Å². The molecule has 0 saturated heterocycles. The molecule has 1 saturated carbocycles. The minimum absolute atomic E-state index is 1.02. The van der Waals surface area contributed by atoms with Gasteiger partial charge in [-0.15, -0.1) is 0 Å². The maximum Gasteiger partial charge on any atom is -0.0197 e. The number of unbranched alkanes of at least 4 members (excludes halogenated alkanes) is 3. The molecule has 0 unspecified atom stereocenters. The van der Waals surface area contributed by atoms with Crippen LogP contribution in [0.5, 0.6) is 0 Å². The number of allylic oxidation sites excluding steroid dienone is 1. The Morgan fingerprint density at radius 3 is 2.67 bits per heavy atom. The molecule has 12 heavy (non-hydrogen) atoms. The highest BCUT2D eigenvalue weighted by Crippen LogP contribution is 2.37. The van der Waals surface area contributed by atoms with Crippen molar-refractivity contribution in [2.45, 2.75) is 51.9 Å². The fraction of sp³-hybridized carbons (Fsp3) is 0.818. The Morgan fingerprint density at radius 1 is 1.33 bits per heavy atom. The van der Waals surface area contributed by atoms with Crippen LogP contribution >= 0.6 is 15.9 Å². The van der Waals surface area contributed by atoms with Crippen molar-refractivity contribution in [3.63, 3.8) is 0 Å². The lowest BCUT2D eigenvalue weighted by Crippen LogP contribution is -2.13. The van der Waals surface area contributed by atoms with Gasteiger partial charge in [0.05, 0.1) is 0 Å². The maximum atomic E-state index is 3.38. The summed E-state index contributed by atoms with van der Waals surface area (Å²) in [5.41, 5.74) is 1.61. The van der Waals surface area contributed by atoms with Crippen LogP contribution in [0.25, 0.3) is 0 Å². The first-order chi connectivity index (χ1) is 5.86. The molecular weight excluding hydrogens is 213 g/mol. The molecule has 0 radical (unpaired) electrons. The third kappa shape index (κ3) is 3.30. The second-order valence-electron chi connectivity index (χ2n) is 3.89. The normalized spacial score (nSPS) is 22.2. The van der Waals surface area contributed by atoms with E-state index >= 15 is 0 Å². The summed E-state index contributed by atoms with van der Waals surface area (Å²) in [4.78, 5) is 2.11. The van der Waals surface area contributed by atoms with Gasteiger partial charge in [0, 0.05) is 0 Å². The number of hydrogen-bond donors (Lipinski definition) is 0. The van der Waals surface area contributed by atoms with Gasteiger partial charge in [0.1, 0.15) is 0 Å². The average molecular weight is 232 g/mol. The quantitative estimate of drug-likeness (QED) is 0.478. The molecule has 1 aliphatic carbocycles. The SMILES string of the molecule is CCCCCCC1CC(=[13CH]Br)C1. The third-order valence-corrected chi connectivity index (χ3v) is 3.37. The first kappa shape index (κ1) is 10.3. The Kier molecular flexibility index (Phi) is 4.98. The maximum absolute atomic E-state index is 3.38. The number of hydrogen-bond acceptors (Lipinski definition) is 0. The van der Waals surface area contributed by atoms with Crippen LogP contribution in [0.2, 0.25) is 0 Å². The summed E-state index contributed by atoms with van der Waals surface area (Å²) >= 11 is 3.38. The van der Waals surface area contributed by atoms with Gasteiger partial charge in [-0.05, 0) is 30.2 Å². The Balaban J connectivity index is 1.90. The van der Waals surface area contributed by atoms with E-state index in [0.717, 1.165) is 5.92 Å². The second-order valence-corrected chi connectivity index (χ2v) is 4.35. The van der Waals surface area contributed by atoms with Crippen molar-refractivity contribution in [2.24, 2.45) is 5.92 Å². The highest BCUT2D eigenvalue weighted by Gasteiger charge is 2.21. The van der Waals surface area contributed by atoms with Gasteiger partial charge in [-0.3, -0.25) is 0 Å². The van der Waals surface area contributed by atoms with Crippen molar-refractivity contribution < 1.29 is 0 Å². The largest absolute Gasteiger partial charge is 0.0654 e. The Morgan fingerprint density at radius 2 is 2.08 bits per heavy atom. The van der Waals surface area contributed by atoms with Gasteiger partial charge in [-0.1, -0.05) is 54.1 Å². The molecule has 70 valence electrons. The Labute approximate surface area is 84.6 Å². The summed E-state index contributed by atoms with van der Waals surface area (Å²) < 4.78 is 0. The molecule has 0 bridgehead atoms. The van der Waals surface area contributed by atoms with Gasteiger partial charge in [-0.25, -0.2) is 0 Å². The zero-order chi connectivity index (χ0) is 8.81. The monoisotopic (exact) mass is 231 g/mol. The fourth-order valence-corrected chi connectivity index (χ4v) is 2.21. The van der Waals surface area contributed by atoms with Crippen LogP contribution < -0.4 is 0 Å². The summed E-state index contributed by atoms with van der Waals surface area (Å²) in [6.45, 7) is 2.27. The van der Waals surface area contributed by atoms with Crippen molar-refractivity contribution in [3.8, 4) is 0 Å². The summed E-state index contributed by atoms with van der Waals surface area (Å²) in [7, 11) is 0. The van der Waals surface area contributed by atoms with Gasteiger partial charge < -0.3 is 0 Å². The molecular formula is C11H19Br. The smallest absolute Gasteiger partial charge is 0.0197 e. The zero-order valence-corrected chi connectivity index (χ0v) is 9.57. The lowest BCUT2D eigenvalue weighted by atomic mass is 9.79. The Bertz CT molecular complexity index is 141. The van der Waals surface area contributed by atoms with E-state index in [1.165, 1.54) is 44.9 Å². The minimum atomic E-state index is 1.02. The van der Waals surface area contributed by atoms with Crippen LogP contribution in [0.1, 0.15) is 51.9 Å². The highest BCUT2D eigenvalue weighted by atomic mass is 79.9. The van der Waals surface area contributed by atoms with E-state index in [2.05, 4.69) is 27.8 Å². The predicted octanol–water partition coefficient (Wildman–Crippen LogP) is 4.65. The molecule has 0 spiro atoms. The standard InChI is InChI=1S/C11H19Br/c1-2-3-4-5-6-10-7-11(8-10)9-12/h9-10H,2-8H2,1H3/i9+1. The summed E-state index contributed by atoms with van der Waals surface area (Å²) in [5.74, 6) is 1.02. The average Bonchev–Trinajstić information content (AvgIpc) is 2.01. The van der Waals surface area contributed by atoms with Crippen molar-refractivity contribution in [2.75, 3.05) is 0 Å². The van der Waals surface area contributed by atoms with Crippen molar-refractivity contribution in [1.82, 2.24) is 0 Å². The van der Waals surface area contributed by atoms with Gasteiger partial charge in [0.15, 0.2) is 0 Å². The first-order valence-corrected chi connectivity index (χ1v) is 6.06. The molecule has 1 fully saturated rings. The van der Waals surface area contributed by atoms with Crippen LogP contribution in [0.3, 0.4) is 0 Å². The van der Waals surface area contributed by atoms with Crippen molar-refractivity contribution >= 4 is 15.9 Å². The second kappa shape index (κ2) is 5.80. The molecule has 0 heterocycles. The molecule has 0 nitrogen and oxygen atoms in total. The van der Waals surface area contributed by atoms with E-state index in [9.17, 15) is 0 Å². The lowest BCUT2D eigenvalue weighted by Gasteiger charge is -2.28. The third-order valence-electron chi connectivity index (χ3n) is 2.72. The van der Waals surface area contributed by atoms with Gasteiger partial charge in [0.25, 0.3) is 0 Å². The summed E-state index contributed by atoms with van der Waals surface area (Å²) in [5, 5.41) is 0. The van der Waals surface area contributed by atoms with Crippen molar-refractivity contribution in [3.05, 3.63) is 10.6 Å². The van der Waals surface area contributed by atoms with Gasteiger partial charge in [0.2, 0.25) is 0 Å². The van der Waals surface area contributed by atoms with E-state index < -0.39 is 0 Å². The highest BCUT2D eigenvalue weighted by molar-refractivity contribution is 9.11. The zero-order valence-electron chi connectivity index (χ0n) is 7.98. The van der Waals surface area contributed by atoms with E-state index in [4.69, 9.17) is 0 Å². The molecule has 0 aliphatic heterocycles. The van der Waals surface area contributed by atoms with E-state index in [1.807, 2.05) is 0 Å². The van der Waals surface area contributed by atoms with Gasteiger partial charge >= 0.3 is 0 Å².